The van der Waals surface area contributed by atoms with Crippen molar-refractivity contribution in [3.63, 3.8) is 0 Å². The minimum atomic E-state index is -6.61. The van der Waals surface area contributed by atoms with Crippen molar-refractivity contribution >= 4 is 19.7 Å². The second kappa shape index (κ2) is 15.4. The van der Waals surface area contributed by atoms with E-state index in [1.54, 1.807) is 6.92 Å². The molecule has 0 bridgehead atoms. The van der Waals surface area contributed by atoms with Gasteiger partial charge in [0.1, 0.15) is 0 Å². The lowest BCUT2D eigenvalue weighted by Crippen LogP contribution is -2.65. The number of alkyl halides is 6. The van der Waals surface area contributed by atoms with Crippen LogP contribution < -0.4 is 0 Å². The van der Waals surface area contributed by atoms with Gasteiger partial charge in [-0.25, -0.2) is 16.8 Å². The van der Waals surface area contributed by atoms with Crippen LogP contribution in [0.5, 0.6) is 0 Å². The van der Waals surface area contributed by atoms with Gasteiger partial charge >= 0.3 is 11.0 Å². The van der Waals surface area contributed by atoms with Gasteiger partial charge in [0.25, 0.3) is 19.7 Å². The van der Waals surface area contributed by atoms with Gasteiger partial charge in [-0.15, -0.1) is 0 Å². The summed E-state index contributed by atoms with van der Waals surface area (Å²) in [4.78, 5) is 0. The smallest absolute Gasteiger partial charge is 0.324 e. The first-order chi connectivity index (χ1) is 18.9. The maximum Gasteiger partial charge on any atom is 0.498 e. The lowest BCUT2D eigenvalue weighted by Gasteiger charge is -2.47. The van der Waals surface area contributed by atoms with Crippen molar-refractivity contribution in [2.24, 2.45) is 0 Å². The predicted octanol–water partition coefficient (Wildman–Crippen LogP) is 6.96. The number of nitrogens with zero attached hydrogens (tertiary/aromatic N) is 2. The molecule has 0 radical (unpaired) electrons. The molecule has 0 unspecified atom stereocenters. The zero-order chi connectivity index (χ0) is 31.6. The number of quaternary nitrogens is 2. The van der Waals surface area contributed by atoms with Crippen LogP contribution in [0.4, 0.5) is 26.3 Å². The van der Waals surface area contributed by atoms with Crippen LogP contribution in [0.1, 0.15) is 105 Å². The first-order valence-corrected chi connectivity index (χ1v) is 18.1. The third-order valence-corrected chi connectivity index (χ3v) is 14.4. The van der Waals surface area contributed by atoms with Gasteiger partial charge in [-0.3, -0.25) is 0 Å². The molecule has 6 nitrogen and oxygen atoms in total. The maximum atomic E-state index is 13.1. The molecule has 0 aromatic heterocycles. The molecule has 0 N–H and O–H groups in total. The Hall–Kier alpha value is -0.600. The molecule has 2 rings (SSSR count). The number of sulfone groups is 2. The topological polar surface area (TPSA) is 68.3 Å². The minimum Gasteiger partial charge on any atom is -0.324 e. The van der Waals surface area contributed by atoms with Gasteiger partial charge in [0.05, 0.1) is 52.4 Å². The van der Waals surface area contributed by atoms with Gasteiger partial charge in [-0.1, -0.05) is 40.0 Å². The van der Waals surface area contributed by atoms with Crippen molar-refractivity contribution in [3.8, 4) is 0 Å². The van der Waals surface area contributed by atoms with E-state index in [1.807, 2.05) is 6.92 Å². The summed E-state index contributed by atoms with van der Waals surface area (Å²) in [7, 11) is -13.2. The fraction of sp³-hybridized carbons (Fsp3) is 1.00. The van der Waals surface area contributed by atoms with Crippen LogP contribution in [0, 0.1) is 0 Å². The average molecular weight is 647 g/mol. The van der Waals surface area contributed by atoms with Gasteiger partial charge in [0.15, 0.2) is 0 Å². The largest absolute Gasteiger partial charge is 0.498 e. The van der Waals surface area contributed by atoms with Gasteiger partial charge in [-0.05, 0) is 51.9 Å². The van der Waals surface area contributed by atoms with Crippen LogP contribution in [0.2, 0.25) is 0 Å². The van der Waals surface area contributed by atoms with Gasteiger partial charge in [0.2, 0.25) is 4.08 Å². The molecule has 0 aromatic carbocycles. The Labute approximate surface area is 243 Å². The SMILES string of the molecule is CCCCCC[N+]1(CC)CCCCC1.CCCC[N+]1(CCC)CCC(S(=O)(=O)C(F)(F)F)(S(=O)(=O)C(F)(F)F)CC1. The zero-order valence-electron chi connectivity index (χ0n) is 25.3. The van der Waals surface area contributed by atoms with E-state index < -0.39 is 47.6 Å². The summed E-state index contributed by atoms with van der Waals surface area (Å²) in [6, 6.07) is 0. The summed E-state index contributed by atoms with van der Waals surface area (Å²) in [6.45, 7) is 14.2. The third-order valence-electron chi connectivity index (χ3n) is 9.13. The van der Waals surface area contributed by atoms with E-state index in [0.717, 1.165) is 6.42 Å². The highest BCUT2D eigenvalue weighted by atomic mass is 32.3. The molecule has 0 aromatic rings. The van der Waals surface area contributed by atoms with Crippen molar-refractivity contribution in [2.75, 3.05) is 52.4 Å². The highest BCUT2D eigenvalue weighted by molar-refractivity contribution is 8.11. The molecule has 14 heteroatoms. The summed E-state index contributed by atoms with van der Waals surface area (Å²) in [5.41, 5.74) is -12.2. The second-order valence-electron chi connectivity index (χ2n) is 11.8. The Morgan fingerprint density at radius 1 is 0.561 bits per heavy atom. The van der Waals surface area contributed by atoms with Crippen molar-refractivity contribution in [1.29, 1.82) is 0 Å². The molecular formula is C27H52F6N2O4S2+2. The van der Waals surface area contributed by atoms with Crippen molar-refractivity contribution in [2.45, 2.75) is 120 Å². The summed E-state index contributed by atoms with van der Waals surface area (Å²) in [6.07, 6.45) is 9.63. The molecule has 41 heavy (non-hydrogen) atoms. The lowest BCUT2D eigenvalue weighted by atomic mass is 10.0. The Morgan fingerprint density at radius 3 is 1.41 bits per heavy atom. The van der Waals surface area contributed by atoms with Crippen LogP contribution in [0.15, 0.2) is 0 Å². The molecule has 2 heterocycles. The molecule has 0 aliphatic carbocycles. The van der Waals surface area contributed by atoms with Crippen LogP contribution in [0.25, 0.3) is 0 Å². The Bertz CT molecular complexity index is 938. The highest BCUT2D eigenvalue weighted by Gasteiger charge is 2.74. The van der Waals surface area contributed by atoms with Gasteiger partial charge in [-0.2, -0.15) is 26.3 Å². The summed E-state index contributed by atoms with van der Waals surface area (Å²) < 4.78 is 124. The number of halogens is 6. The zero-order valence-corrected chi connectivity index (χ0v) is 26.9. The van der Waals surface area contributed by atoms with E-state index in [0.29, 0.717) is 25.9 Å². The van der Waals surface area contributed by atoms with Crippen LogP contribution >= 0.6 is 0 Å². The number of rotatable bonds is 13. The number of likely N-dealkylation sites (tertiary alicyclic amines) is 2. The second-order valence-corrected chi connectivity index (χ2v) is 16.6. The van der Waals surface area contributed by atoms with Crippen LogP contribution in [0.3, 0.4) is 0 Å². The predicted molar refractivity (Wildman–Crippen MR) is 150 cm³/mol. The highest BCUT2D eigenvalue weighted by Crippen LogP contribution is 2.50. The molecule has 0 spiro atoms. The maximum absolute atomic E-state index is 13.1. The van der Waals surface area contributed by atoms with Crippen molar-refractivity contribution in [3.05, 3.63) is 0 Å². The first kappa shape index (κ1) is 38.4. The standard InChI is InChI=1S/C14H24F6NO4S2.C13H28N/c1-3-5-9-21(8-4-2)10-6-12(7-11-21,26(22,23)13(15,16)17)27(24,25)14(18,19)20;1-3-5-6-8-11-14(4-2)12-9-7-10-13-14/h3-11H2,1-2H3;3-13H2,1-2H3/q2*+1. The van der Waals surface area contributed by atoms with Crippen molar-refractivity contribution < 1.29 is 52.1 Å². The van der Waals surface area contributed by atoms with E-state index in [2.05, 4.69) is 13.8 Å². The first-order valence-electron chi connectivity index (χ1n) is 15.2. The molecular weight excluding hydrogens is 594 g/mol. The average Bonchev–Trinajstić information content (AvgIpc) is 2.90. The molecule has 0 amide bonds. The summed E-state index contributed by atoms with van der Waals surface area (Å²) >= 11 is 0. The lowest BCUT2D eigenvalue weighted by molar-refractivity contribution is -0.932. The summed E-state index contributed by atoms with van der Waals surface area (Å²) in [5, 5.41) is 0. The molecule has 2 saturated heterocycles. The monoisotopic (exact) mass is 646 g/mol. The fourth-order valence-electron chi connectivity index (χ4n) is 6.44. The molecule has 2 fully saturated rings. The minimum absolute atomic E-state index is 0.118. The number of unbranched alkanes of at least 4 members (excludes halogenated alkanes) is 4. The number of piperidine rings is 2. The van der Waals surface area contributed by atoms with Gasteiger partial charge < -0.3 is 8.97 Å². The third kappa shape index (κ3) is 8.97. The summed E-state index contributed by atoms with van der Waals surface area (Å²) in [5.74, 6) is 0. The van der Waals surface area contributed by atoms with E-state index in [4.69, 9.17) is 0 Å². The van der Waals surface area contributed by atoms with E-state index in [9.17, 15) is 43.2 Å². The Morgan fingerprint density at radius 2 is 1.02 bits per heavy atom. The van der Waals surface area contributed by atoms with E-state index in [1.165, 1.54) is 75.6 Å². The molecule has 246 valence electrons. The molecule has 0 atom stereocenters. The molecule has 2 aliphatic rings. The van der Waals surface area contributed by atoms with Crippen LogP contribution in [-0.2, 0) is 19.7 Å². The number of hydrogen-bond acceptors (Lipinski definition) is 4. The van der Waals surface area contributed by atoms with E-state index in [-0.39, 0.29) is 17.6 Å². The van der Waals surface area contributed by atoms with Crippen LogP contribution in [-0.4, -0.2) is 93.3 Å². The van der Waals surface area contributed by atoms with Crippen molar-refractivity contribution in [1.82, 2.24) is 0 Å². The Kier molecular flexibility index (Phi) is 14.4. The van der Waals surface area contributed by atoms with E-state index >= 15 is 0 Å². The van der Waals surface area contributed by atoms with Gasteiger partial charge in [0, 0.05) is 12.8 Å². The Balaban J connectivity index is 0.000000502. The fourth-order valence-corrected chi connectivity index (χ4v) is 10.4. The quantitative estimate of drug-likeness (QED) is 0.123. The molecule has 0 saturated carbocycles. The normalized spacial score (nSPS) is 21.1. The number of hydrogen-bond donors (Lipinski definition) is 0. The molecule has 2 aliphatic heterocycles.